The van der Waals surface area contributed by atoms with Gasteiger partial charge < -0.3 is 0 Å². The lowest BCUT2D eigenvalue weighted by Gasteiger charge is -2.11. The largest absolute Gasteiger partial charge is 0.0952 e. The van der Waals surface area contributed by atoms with E-state index in [2.05, 4.69) is 51.6 Å². The maximum Gasteiger partial charge on any atom is -0.0230 e. The summed E-state index contributed by atoms with van der Waals surface area (Å²) < 4.78 is 0. The van der Waals surface area contributed by atoms with E-state index >= 15 is 0 Å². The highest BCUT2D eigenvalue weighted by Gasteiger charge is 2.03. The Bertz CT molecular complexity index is 292. The monoisotopic (exact) mass is 218 g/mol. The fraction of sp³-hybridized carbons (Fsp3) is 0.500. The molecule has 1 rings (SSSR count). The number of aryl methyl sites for hydroxylation is 1. The van der Waals surface area contributed by atoms with Gasteiger partial charge in [-0.05, 0) is 30.4 Å². The first-order valence-corrected chi connectivity index (χ1v) is 6.38. The Labute approximate surface area is 101 Å². The van der Waals surface area contributed by atoms with Gasteiger partial charge >= 0.3 is 0 Å². The smallest absolute Gasteiger partial charge is 0.0230 e. The van der Waals surface area contributed by atoms with Crippen LogP contribution in [0.2, 0.25) is 0 Å². The molecule has 90 valence electrons. The van der Waals surface area contributed by atoms with Gasteiger partial charge in [-0.3, -0.25) is 0 Å². The molecule has 16 heavy (non-hydrogen) atoms. The summed E-state index contributed by atoms with van der Waals surface area (Å²) in [6.07, 6.45) is 2.34. The summed E-state index contributed by atoms with van der Waals surface area (Å²) in [6, 6.07) is 8.63. The third-order valence-electron chi connectivity index (χ3n) is 2.75. The van der Waals surface area contributed by atoms with E-state index in [9.17, 15) is 0 Å². The SMILES string of the molecule is C=C(CC(C)CC)c1ccc(C)cc1.CC. The second-order valence-corrected chi connectivity index (χ2v) is 4.19. The molecule has 0 aromatic heterocycles. The van der Waals surface area contributed by atoms with Crippen molar-refractivity contribution >= 4 is 5.57 Å². The Hall–Kier alpha value is -1.04. The molecule has 0 fully saturated rings. The number of rotatable bonds is 4. The zero-order valence-corrected chi connectivity index (χ0v) is 11.5. The molecule has 1 aromatic rings. The molecule has 0 bridgehead atoms. The van der Waals surface area contributed by atoms with Crippen LogP contribution in [0.25, 0.3) is 5.57 Å². The third kappa shape index (κ3) is 5.16. The van der Waals surface area contributed by atoms with Crippen molar-refractivity contribution in [2.24, 2.45) is 5.92 Å². The Morgan fingerprint density at radius 3 is 2.12 bits per heavy atom. The zero-order chi connectivity index (χ0) is 12.6. The van der Waals surface area contributed by atoms with Crippen molar-refractivity contribution in [1.29, 1.82) is 0 Å². The summed E-state index contributed by atoms with van der Waals surface area (Å²) in [6.45, 7) is 14.8. The molecule has 1 atom stereocenters. The minimum Gasteiger partial charge on any atom is -0.0952 e. The number of hydrogen-bond acceptors (Lipinski definition) is 0. The average molecular weight is 218 g/mol. The highest BCUT2D eigenvalue weighted by Crippen LogP contribution is 2.22. The summed E-state index contributed by atoms with van der Waals surface area (Å²) >= 11 is 0. The van der Waals surface area contributed by atoms with Gasteiger partial charge in [-0.1, -0.05) is 70.5 Å². The van der Waals surface area contributed by atoms with Gasteiger partial charge in [0.05, 0.1) is 0 Å². The van der Waals surface area contributed by atoms with Gasteiger partial charge in [-0.25, -0.2) is 0 Å². The van der Waals surface area contributed by atoms with Crippen LogP contribution in [0.3, 0.4) is 0 Å². The van der Waals surface area contributed by atoms with Gasteiger partial charge in [0.15, 0.2) is 0 Å². The molecular weight excluding hydrogens is 192 g/mol. The predicted molar refractivity (Wildman–Crippen MR) is 75.6 cm³/mol. The normalized spacial score (nSPS) is 11.3. The molecule has 0 N–H and O–H groups in total. The molecule has 0 aliphatic heterocycles. The highest BCUT2D eigenvalue weighted by molar-refractivity contribution is 5.63. The third-order valence-corrected chi connectivity index (χ3v) is 2.75. The van der Waals surface area contributed by atoms with E-state index < -0.39 is 0 Å². The molecule has 0 saturated heterocycles. The van der Waals surface area contributed by atoms with Crippen molar-refractivity contribution < 1.29 is 0 Å². The van der Waals surface area contributed by atoms with Gasteiger partial charge in [-0.2, -0.15) is 0 Å². The van der Waals surface area contributed by atoms with Crippen molar-refractivity contribution in [2.45, 2.75) is 47.5 Å². The second kappa shape index (κ2) is 8.15. The Balaban J connectivity index is 0.00000106. The van der Waals surface area contributed by atoms with Gasteiger partial charge in [0.1, 0.15) is 0 Å². The lowest BCUT2D eigenvalue weighted by molar-refractivity contribution is 0.580. The summed E-state index contributed by atoms with van der Waals surface area (Å²) in [5.74, 6) is 0.740. The van der Waals surface area contributed by atoms with Crippen molar-refractivity contribution in [3.63, 3.8) is 0 Å². The van der Waals surface area contributed by atoms with Crippen molar-refractivity contribution in [2.75, 3.05) is 0 Å². The lowest BCUT2D eigenvalue weighted by atomic mass is 9.95. The molecule has 0 heteroatoms. The summed E-state index contributed by atoms with van der Waals surface area (Å²) in [7, 11) is 0. The number of allylic oxidation sites excluding steroid dienone is 1. The summed E-state index contributed by atoms with van der Waals surface area (Å²) in [5, 5.41) is 0. The molecule has 0 saturated carbocycles. The minimum absolute atomic E-state index is 0.740. The Kier molecular flexibility index (Phi) is 7.62. The van der Waals surface area contributed by atoms with Crippen molar-refractivity contribution in [1.82, 2.24) is 0 Å². The van der Waals surface area contributed by atoms with E-state index in [0.717, 1.165) is 12.3 Å². The first-order chi connectivity index (χ1) is 7.63. The average Bonchev–Trinajstić information content (AvgIpc) is 2.32. The van der Waals surface area contributed by atoms with E-state index in [1.54, 1.807) is 0 Å². The summed E-state index contributed by atoms with van der Waals surface area (Å²) in [4.78, 5) is 0. The molecule has 0 spiro atoms. The maximum atomic E-state index is 4.14. The molecule has 0 radical (unpaired) electrons. The van der Waals surface area contributed by atoms with Gasteiger partial charge in [0.2, 0.25) is 0 Å². The van der Waals surface area contributed by atoms with Crippen LogP contribution in [-0.2, 0) is 0 Å². The van der Waals surface area contributed by atoms with Crippen LogP contribution in [-0.4, -0.2) is 0 Å². The van der Waals surface area contributed by atoms with E-state index in [1.165, 1.54) is 23.1 Å². The van der Waals surface area contributed by atoms with Crippen LogP contribution in [0.15, 0.2) is 30.8 Å². The van der Waals surface area contributed by atoms with Crippen LogP contribution >= 0.6 is 0 Å². The van der Waals surface area contributed by atoms with Crippen LogP contribution in [0.1, 0.15) is 51.7 Å². The van der Waals surface area contributed by atoms with Crippen molar-refractivity contribution in [3.8, 4) is 0 Å². The van der Waals surface area contributed by atoms with Gasteiger partial charge in [-0.15, -0.1) is 0 Å². The highest BCUT2D eigenvalue weighted by atomic mass is 14.1. The van der Waals surface area contributed by atoms with E-state index in [4.69, 9.17) is 0 Å². The number of hydrogen-bond donors (Lipinski definition) is 0. The minimum atomic E-state index is 0.740. The topological polar surface area (TPSA) is 0 Å². The van der Waals surface area contributed by atoms with E-state index in [0.29, 0.717) is 0 Å². The Morgan fingerprint density at radius 2 is 1.69 bits per heavy atom. The van der Waals surface area contributed by atoms with Crippen LogP contribution in [0.5, 0.6) is 0 Å². The van der Waals surface area contributed by atoms with Crippen molar-refractivity contribution in [3.05, 3.63) is 42.0 Å². The fourth-order valence-corrected chi connectivity index (χ4v) is 1.47. The van der Waals surface area contributed by atoms with E-state index in [-0.39, 0.29) is 0 Å². The Morgan fingerprint density at radius 1 is 1.19 bits per heavy atom. The maximum absolute atomic E-state index is 4.14. The fourth-order valence-electron chi connectivity index (χ4n) is 1.47. The molecule has 0 aliphatic rings. The van der Waals surface area contributed by atoms with Gasteiger partial charge in [0, 0.05) is 0 Å². The molecule has 0 nitrogen and oxygen atoms in total. The predicted octanol–water partition coefficient (Wildman–Crippen LogP) is 5.47. The molecule has 0 amide bonds. The first-order valence-electron chi connectivity index (χ1n) is 6.38. The van der Waals surface area contributed by atoms with Crippen LogP contribution in [0.4, 0.5) is 0 Å². The standard InChI is InChI=1S/C14H20.C2H6/c1-5-11(2)10-13(4)14-8-6-12(3)7-9-14;1-2/h6-9,11H,4-5,10H2,1-3H3;1-2H3. The molecule has 1 unspecified atom stereocenters. The number of benzene rings is 1. The quantitative estimate of drug-likeness (QED) is 0.628. The van der Waals surface area contributed by atoms with E-state index in [1.807, 2.05) is 13.8 Å². The zero-order valence-electron chi connectivity index (χ0n) is 11.5. The first kappa shape index (κ1) is 15.0. The molecule has 0 heterocycles. The molecule has 0 aliphatic carbocycles. The second-order valence-electron chi connectivity index (χ2n) is 4.19. The molecule has 1 aromatic carbocycles. The molecular formula is C16H26. The summed E-state index contributed by atoms with van der Waals surface area (Å²) in [5.41, 5.74) is 3.86. The van der Waals surface area contributed by atoms with Crippen LogP contribution in [0, 0.1) is 12.8 Å². The van der Waals surface area contributed by atoms with Crippen LogP contribution < -0.4 is 0 Å². The van der Waals surface area contributed by atoms with Gasteiger partial charge in [0.25, 0.3) is 0 Å². The lowest BCUT2D eigenvalue weighted by Crippen LogP contribution is -1.94.